The number of benzene rings is 2. The van der Waals surface area contributed by atoms with Crippen molar-refractivity contribution in [3.8, 4) is 0 Å². The van der Waals surface area contributed by atoms with Crippen molar-refractivity contribution < 1.29 is 4.79 Å². The summed E-state index contributed by atoms with van der Waals surface area (Å²) >= 11 is 0. The van der Waals surface area contributed by atoms with E-state index in [1.807, 2.05) is 36.1 Å². The number of nitrogens with zero attached hydrogens (tertiary/aromatic N) is 2. The Balaban J connectivity index is 1.67. The highest BCUT2D eigenvalue weighted by molar-refractivity contribution is 6.05. The van der Waals surface area contributed by atoms with Crippen LogP contribution in [-0.4, -0.2) is 27.0 Å². The SMILES string of the molecule is Cc1cccc(CN(C(=O)c2n[nH]c3ccc(C)cc23)C2CC2)c1. The molecule has 1 fully saturated rings. The number of carbonyl (C=O) groups is 1. The van der Waals surface area contributed by atoms with Crippen LogP contribution in [0.25, 0.3) is 10.9 Å². The van der Waals surface area contributed by atoms with Crippen LogP contribution in [0.5, 0.6) is 0 Å². The number of H-pyrrole nitrogens is 1. The van der Waals surface area contributed by atoms with Crippen molar-refractivity contribution in [2.24, 2.45) is 0 Å². The van der Waals surface area contributed by atoms with Gasteiger partial charge in [0.1, 0.15) is 0 Å². The molecule has 4 rings (SSSR count). The second-order valence-corrected chi connectivity index (χ2v) is 6.77. The lowest BCUT2D eigenvalue weighted by Gasteiger charge is -2.22. The van der Waals surface area contributed by atoms with Crippen LogP contribution in [-0.2, 0) is 6.54 Å². The lowest BCUT2D eigenvalue weighted by molar-refractivity contribution is 0.0726. The number of hydrogen-bond donors (Lipinski definition) is 1. The lowest BCUT2D eigenvalue weighted by Crippen LogP contribution is -2.33. The molecule has 2 aromatic carbocycles. The summed E-state index contributed by atoms with van der Waals surface area (Å²) in [6.07, 6.45) is 2.16. The van der Waals surface area contributed by atoms with Gasteiger partial charge in [-0.3, -0.25) is 9.89 Å². The van der Waals surface area contributed by atoms with Crippen LogP contribution < -0.4 is 0 Å². The normalized spacial score (nSPS) is 14.1. The third kappa shape index (κ3) is 2.80. The van der Waals surface area contributed by atoms with E-state index in [0.29, 0.717) is 18.3 Å². The minimum Gasteiger partial charge on any atom is -0.330 e. The minimum absolute atomic E-state index is 0.0239. The highest BCUT2D eigenvalue weighted by Crippen LogP contribution is 2.31. The van der Waals surface area contributed by atoms with E-state index in [1.165, 1.54) is 11.1 Å². The van der Waals surface area contributed by atoms with Crippen LogP contribution in [0.15, 0.2) is 42.5 Å². The van der Waals surface area contributed by atoms with Crippen LogP contribution in [0.2, 0.25) is 0 Å². The van der Waals surface area contributed by atoms with Gasteiger partial charge in [0.05, 0.1) is 5.52 Å². The van der Waals surface area contributed by atoms with E-state index in [4.69, 9.17) is 0 Å². The average molecular weight is 319 g/mol. The smallest absolute Gasteiger partial charge is 0.275 e. The summed E-state index contributed by atoms with van der Waals surface area (Å²) in [5.41, 5.74) is 4.97. The number of carbonyl (C=O) groups excluding carboxylic acids is 1. The average Bonchev–Trinajstić information content (AvgIpc) is 3.32. The van der Waals surface area contributed by atoms with Gasteiger partial charge in [-0.05, 0) is 44.4 Å². The van der Waals surface area contributed by atoms with Crippen molar-refractivity contribution in [3.63, 3.8) is 0 Å². The molecule has 0 unspecified atom stereocenters. The molecular weight excluding hydrogens is 298 g/mol. The molecule has 1 aromatic heterocycles. The Labute approximate surface area is 141 Å². The molecule has 4 nitrogen and oxygen atoms in total. The van der Waals surface area contributed by atoms with E-state index in [2.05, 4.69) is 35.3 Å². The maximum absolute atomic E-state index is 13.1. The molecule has 0 atom stereocenters. The Bertz CT molecular complexity index is 908. The largest absolute Gasteiger partial charge is 0.330 e. The number of rotatable bonds is 4. The molecule has 0 radical (unpaired) electrons. The highest BCUT2D eigenvalue weighted by atomic mass is 16.2. The molecule has 1 amide bonds. The summed E-state index contributed by atoms with van der Waals surface area (Å²) in [7, 11) is 0. The zero-order chi connectivity index (χ0) is 16.7. The van der Waals surface area contributed by atoms with Crippen LogP contribution in [0.3, 0.4) is 0 Å². The van der Waals surface area contributed by atoms with Gasteiger partial charge in [0.2, 0.25) is 0 Å². The standard InChI is InChI=1S/C20H21N3O/c1-13-4-3-5-15(10-13)12-23(16-7-8-16)20(24)19-17-11-14(2)6-9-18(17)21-22-19/h3-6,9-11,16H,7-8,12H2,1-2H3,(H,21,22). The minimum atomic E-state index is 0.0239. The molecule has 1 aliphatic carbocycles. The van der Waals surface area contributed by atoms with E-state index in [1.54, 1.807) is 0 Å². The van der Waals surface area contributed by atoms with Gasteiger partial charge in [0.25, 0.3) is 5.91 Å². The fraction of sp³-hybridized carbons (Fsp3) is 0.300. The molecule has 4 heteroatoms. The van der Waals surface area contributed by atoms with Crippen molar-refractivity contribution >= 4 is 16.8 Å². The van der Waals surface area contributed by atoms with Gasteiger partial charge >= 0.3 is 0 Å². The van der Waals surface area contributed by atoms with E-state index < -0.39 is 0 Å². The van der Waals surface area contributed by atoms with Crippen LogP contribution in [0, 0.1) is 13.8 Å². The third-order valence-corrected chi connectivity index (χ3v) is 4.60. The molecular formula is C20H21N3O. The molecule has 0 bridgehead atoms. The third-order valence-electron chi connectivity index (χ3n) is 4.60. The summed E-state index contributed by atoms with van der Waals surface area (Å²) in [5.74, 6) is 0.0239. The maximum Gasteiger partial charge on any atom is 0.275 e. The summed E-state index contributed by atoms with van der Waals surface area (Å²) < 4.78 is 0. The van der Waals surface area contributed by atoms with Gasteiger partial charge in [0, 0.05) is 18.0 Å². The van der Waals surface area contributed by atoms with Gasteiger partial charge in [-0.25, -0.2) is 0 Å². The molecule has 0 spiro atoms. The second-order valence-electron chi connectivity index (χ2n) is 6.77. The van der Waals surface area contributed by atoms with Gasteiger partial charge in [0.15, 0.2) is 5.69 Å². The fourth-order valence-electron chi connectivity index (χ4n) is 3.19. The molecule has 1 aliphatic rings. The first-order chi connectivity index (χ1) is 11.6. The predicted octanol–water partition coefficient (Wildman–Crippen LogP) is 3.98. The van der Waals surface area contributed by atoms with Crippen molar-refractivity contribution in [2.75, 3.05) is 0 Å². The van der Waals surface area contributed by atoms with Crippen molar-refractivity contribution in [1.29, 1.82) is 0 Å². The van der Waals surface area contributed by atoms with Crippen LogP contribution >= 0.6 is 0 Å². The number of amides is 1. The summed E-state index contributed by atoms with van der Waals surface area (Å²) in [4.78, 5) is 15.1. The summed E-state index contributed by atoms with van der Waals surface area (Å²) in [5, 5.41) is 8.21. The van der Waals surface area contributed by atoms with Crippen molar-refractivity contribution in [3.05, 3.63) is 64.8 Å². The number of fused-ring (bicyclic) bond motifs is 1. The number of nitrogens with one attached hydrogen (secondary N) is 1. The van der Waals surface area contributed by atoms with Gasteiger partial charge in [-0.15, -0.1) is 0 Å². The Morgan fingerprint density at radius 1 is 1.17 bits per heavy atom. The maximum atomic E-state index is 13.1. The summed E-state index contributed by atoms with van der Waals surface area (Å²) in [6, 6.07) is 14.7. The summed E-state index contributed by atoms with van der Waals surface area (Å²) in [6.45, 7) is 4.76. The first-order valence-corrected chi connectivity index (χ1v) is 8.43. The zero-order valence-corrected chi connectivity index (χ0v) is 14.0. The molecule has 0 saturated heterocycles. The number of hydrogen-bond acceptors (Lipinski definition) is 2. The molecule has 0 aliphatic heterocycles. The number of aromatic amines is 1. The molecule has 24 heavy (non-hydrogen) atoms. The van der Waals surface area contributed by atoms with E-state index in [0.717, 1.165) is 29.3 Å². The van der Waals surface area contributed by atoms with E-state index >= 15 is 0 Å². The van der Waals surface area contributed by atoms with Gasteiger partial charge < -0.3 is 4.90 Å². The Hall–Kier alpha value is -2.62. The number of aryl methyl sites for hydroxylation is 2. The second kappa shape index (κ2) is 5.78. The van der Waals surface area contributed by atoms with Gasteiger partial charge in [-0.2, -0.15) is 5.10 Å². The molecule has 1 N–H and O–H groups in total. The van der Waals surface area contributed by atoms with Crippen LogP contribution in [0.1, 0.15) is 40.0 Å². The quantitative estimate of drug-likeness (QED) is 0.790. The molecule has 3 aromatic rings. The van der Waals surface area contributed by atoms with E-state index in [9.17, 15) is 4.79 Å². The highest BCUT2D eigenvalue weighted by Gasteiger charge is 2.34. The predicted molar refractivity (Wildman–Crippen MR) is 94.9 cm³/mol. The van der Waals surface area contributed by atoms with Crippen molar-refractivity contribution in [2.45, 2.75) is 39.3 Å². The fourth-order valence-corrected chi connectivity index (χ4v) is 3.19. The molecule has 122 valence electrons. The number of aromatic nitrogens is 2. The zero-order valence-electron chi connectivity index (χ0n) is 14.0. The van der Waals surface area contributed by atoms with Crippen LogP contribution in [0.4, 0.5) is 0 Å². The monoisotopic (exact) mass is 319 g/mol. The molecule has 1 saturated carbocycles. The molecule has 1 heterocycles. The first-order valence-electron chi connectivity index (χ1n) is 8.43. The lowest BCUT2D eigenvalue weighted by atomic mass is 10.1. The Kier molecular flexibility index (Phi) is 3.60. The van der Waals surface area contributed by atoms with E-state index in [-0.39, 0.29) is 5.91 Å². The first kappa shape index (κ1) is 14.9. The topological polar surface area (TPSA) is 49.0 Å². The Morgan fingerprint density at radius 2 is 1.96 bits per heavy atom. The van der Waals surface area contributed by atoms with Crippen molar-refractivity contribution in [1.82, 2.24) is 15.1 Å². The van der Waals surface area contributed by atoms with Gasteiger partial charge in [-0.1, -0.05) is 41.5 Å². The Morgan fingerprint density at radius 3 is 2.71 bits per heavy atom.